The first-order valence-corrected chi connectivity index (χ1v) is 7.88. The third kappa shape index (κ3) is 2.75. The average Bonchev–Trinajstić information content (AvgIpc) is 3.08. The van der Waals surface area contributed by atoms with Crippen LogP contribution in [0, 0.1) is 0 Å². The second-order valence-corrected chi connectivity index (χ2v) is 5.81. The van der Waals surface area contributed by atoms with Gasteiger partial charge in [-0.15, -0.1) is 5.10 Å². The van der Waals surface area contributed by atoms with Crippen LogP contribution >= 0.6 is 0 Å². The Labute approximate surface area is 143 Å². The van der Waals surface area contributed by atoms with Crippen molar-refractivity contribution in [3.8, 4) is 11.5 Å². The van der Waals surface area contributed by atoms with Crippen LogP contribution in [0.25, 0.3) is 10.9 Å². The van der Waals surface area contributed by atoms with Gasteiger partial charge in [0.15, 0.2) is 17.3 Å². The SMILES string of the molecule is COc1cc2nc(NC3CCc4nnnn4C3)nc(N)c2cc1OC. The van der Waals surface area contributed by atoms with Gasteiger partial charge < -0.3 is 20.5 Å². The van der Waals surface area contributed by atoms with E-state index in [0.717, 1.165) is 24.1 Å². The van der Waals surface area contributed by atoms with Crippen LogP contribution in [0.2, 0.25) is 0 Å². The maximum Gasteiger partial charge on any atom is 0.225 e. The molecule has 0 spiro atoms. The molecule has 10 heteroatoms. The Bertz CT molecular complexity index is 925. The fourth-order valence-corrected chi connectivity index (χ4v) is 2.99. The van der Waals surface area contributed by atoms with Crippen LogP contribution in [0.1, 0.15) is 12.2 Å². The molecular weight excluding hydrogens is 324 g/mol. The van der Waals surface area contributed by atoms with E-state index in [0.29, 0.717) is 35.3 Å². The standard InChI is InChI=1S/C15H18N8O2/c1-24-11-5-9-10(6-12(11)25-2)18-15(19-14(9)16)17-8-3-4-13-20-21-22-23(13)7-8/h5-6,8H,3-4,7H2,1-2H3,(H3,16,17,18,19). The summed E-state index contributed by atoms with van der Waals surface area (Å²) in [6.07, 6.45) is 1.70. The van der Waals surface area contributed by atoms with E-state index in [-0.39, 0.29) is 6.04 Å². The minimum Gasteiger partial charge on any atom is -0.493 e. The number of nitrogens with zero attached hydrogens (tertiary/aromatic N) is 6. The number of nitrogens with one attached hydrogen (secondary N) is 1. The topological polar surface area (TPSA) is 126 Å². The number of aromatic nitrogens is 6. The Morgan fingerprint density at radius 3 is 2.80 bits per heavy atom. The quantitative estimate of drug-likeness (QED) is 0.702. The minimum atomic E-state index is 0.132. The van der Waals surface area contributed by atoms with Crippen molar-refractivity contribution in [3.05, 3.63) is 18.0 Å². The molecule has 25 heavy (non-hydrogen) atoms. The molecule has 1 aliphatic rings. The molecule has 1 atom stereocenters. The first-order valence-electron chi connectivity index (χ1n) is 7.88. The van der Waals surface area contributed by atoms with Crippen molar-refractivity contribution in [2.24, 2.45) is 0 Å². The molecule has 3 heterocycles. The average molecular weight is 342 g/mol. The van der Waals surface area contributed by atoms with Crippen molar-refractivity contribution in [1.29, 1.82) is 0 Å². The van der Waals surface area contributed by atoms with Gasteiger partial charge in [-0.25, -0.2) is 9.67 Å². The summed E-state index contributed by atoms with van der Waals surface area (Å²) in [5.41, 5.74) is 6.80. The number of methoxy groups -OCH3 is 2. The molecule has 2 aromatic heterocycles. The maximum atomic E-state index is 6.11. The Balaban J connectivity index is 1.64. The maximum absolute atomic E-state index is 6.11. The molecule has 4 rings (SSSR count). The summed E-state index contributed by atoms with van der Waals surface area (Å²) >= 11 is 0. The van der Waals surface area contributed by atoms with E-state index in [1.54, 1.807) is 31.0 Å². The van der Waals surface area contributed by atoms with E-state index in [2.05, 4.69) is 30.8 Å². The summed E-state index contributed by atoms with van der Waals surface area (Å²) < 4.78 is 12.4. The van der Waals surface area contributed by atoms with Gasteiger partial charge in [0.1, 0.15) is 5.82 Å². The summed E-state index contributed by atoms with van der Waals surface area (Å²) in [6, 6.07) is 3.70. The summed E-state index contributed by atoms with van der Waals surface area (Å²) in [6.45, 7) is 0.662. The molecule has 3 aromatic rings. The lowest BCUT2D eigenvalue weighted by molar-refractivity contribution is 0.356. The van der Waals surface area contributed by atoms with Gasteiger partial charge in [0.25, 0.3) is 0 Å². The molecule has 0 amide bonds. The van der Waals surface area contributed by atoms with Gasteiger partial charge in [0, 0.05) is 23.9 Å². The minimum absolute atomic E-state index is 0.132. The number of nitrogens with two attached hydrogens (primary N) is 1. The first-order chi connectivity index (χ1) is 12.2. The van der Waals surface area contributed by atoms with Gasteiger partial charge in [0.05, 0.1) is 26.3 Å². The summed E-state index contributed by atoms with van der Waals surface area (Å²) in [4.78, 5) is 8.93. The number of nitrogen functional groups attached to an aromatic ring is 1. The number of tetrazole rings is 1. The van der Waals surface area contributed by atoms with Gasteiger partial charge in [-0.3, -0.25) is 0 Å². The molecule has 130 valence electrons. The lowest BCUT2D eigenvalue weighted by atomic mass is 10.1. The molecule has 0 fully saturated rings. The second-order valence-electron chi connectivity index (χ2n) is 5.81. The highest BCUT2D eigenvalue weighted by atomic mass is 16.5. The zero-order valence-electron chi connectivity index (χ0n) is 13.9. The molecule has 1 unspecified atom stereocenters. The molecule has 0 radical (unpaired) electrons. The number of rotatable bonds is 4. The lowest BCUT2D eigenvalue weighted by Gasteiger charge is -2.23. The van der Waals surface area contributed by atoms with Crippen molar-refractivity contribution >= 4 is 22.7 Å². The van der Waals surface area contributed by atoms with Gasteiger partial charge >= 0.3 is 0 Å². The van der Waals surface area contributed by atoms with Crippen molar-refractivity contribution in [3.63, 3.8) is 0 Å². The number of aryl methyl sites for hydroxylation is 1. The lowest BCUT2D eigenvalue weighted by Crippen LogP contribution is -2.32. The summed E-state index contributed by atoms with van der Waals surface area (Å²) in [7, 11) is 3.16. The molecule has 1 aromatic carbocycles. The van der Waals surface area contributed by atoms with E-state index in [4.69, 9.17) is 15.2 Å². The highest BCUT2D eigenvalue weighted by Gasteiger charge is 2.21. The monoisotopic (exact) mass is 342 g/mol. The van der Waals surface area contributed by atoms with Crippen LogP contribution in [-0.2, 0) is 13.0 Å². The zero-order chi connectivity index (χ0) is 17.4. The molecule has 0 aliphatic carbocycles. The number of fused-ring (bicyclic) bond motifs is 2. The van der Waals surface area contributed by atoms with Gasteiger partial charge in [0.2, 0.25) is 5.95 Å². The third-order valence-corrected chi connectivity index (χ3v) is 4.28. The highest BCUT2D eigenvalue weighted by molar-refractivity contribution is 5.91. The molecular formula is C15H18N8O2. The Kier molecular flexibility index (Phi) is 3.71. The predicted molar refractivity (Wildman–Crippen MR) is 90.6 cm³/mol. The largest absolute Gasteiger partial charge is 0.493 e. The van der Waals surface area contributed by atoms with Gasteiger partial charge in [-0.1, -0.05) is 0 Å². The molecule has 10 nitrogen and oxygen atoms in total. The molecule has 0 saturated carbocycles. The Morgan fingerprint density at radius 1 is 1.20 bits per heavy atom. The Morgan fingerprint density at radius 2 is 2.00 bits per heavy atom. The number of hydrogen-bond donors (Lipinski definition) is 2. The number of ether oxygens (including phenoxy) is 2. The molecule has 0 bridgehead atoms. The predicted octanol–water partition coefficient (Wildman–Crippen LogP) is 0.643. The summed E-state index contributed by atoms with van der Waals surface area (Å²) in [5.74, 6) is 2.93. The molecule has 0 saturated heterocycles. The van der Waals surface area contributed by atoms with Gasteiger partial charge in [-0.2, -0.15) is 4.98 Å². The van der Waals surface area contributed by atoms with E-state index in [9.17, 15) is 0 Å². The van der Waals surface area contributed by atoms with Crippen LogP contribution in [0.3, 0.4) is 0 Å². The smallest absolute Gasteiger partial charge is 0.225 e. The number of benzene rings is 1. The number of hydrogen-bond acceptors (Lipinski definition) is 9. The van der Waals surface area contributed by atoms with E-state index >= 15 is 0 Å². The zero-order valence-corrected chi connectivity index (χ0v) is 13.9. The second kappa shape index (κ2) is 6.04. The van der Waals surface area contributed by atoms with Crippen LogP contribution in [0.15, 0.2) is 12.1 Å². The fourth-order valence-electron chi connectivity index (χ4n) is 2.99. The van der Waals surface area contributed by atoms with Crippen molar-refractivity contribution in [1.82, 2.24) is 30.2 Å². The van der Waals surface area contributed by atoms with Crippen molar-refractivity contribution in [2.45, 2.75) is 25.4 Å². The van der Waals surface area contributed by atoms with Crippen LogP contribution in [-0.4, -0.2) is 50.4 Å². The van der Waals surface area contributed by atoms with Crippen LogP contribution in [0.5, 0.6) is 11.5 Å². The number of anilines is 2. The Hall–Kier alpha value is -3.17. The van der Waals surface area contributed by atoms with Crippen LogP contribution < -0.4 is 20.5 Å². The normalized spacial score (nSPS) is 16.5. The highest BCUT2D eigenvalue weighted by Crippen LogP contribution is 2.33. The third-order valence-electron chi connectivity index (χ3n) is 4.28. The molecule has 3 N–H and O–H groups in total. The van der Waals surface area contributed by atoms with Gasteiger partial charge in [-0.05, 0) is 22.9 Å². The van der Waals surface area contributed by atoms with Crippen LogP contribution in [0.4, 0.5) is 11.8 Å². The van der Waals surface area contributed by atoms with E-state index in [1.165, 1.54) is 0 Å². The van der Waals surface area contributed by atoms with E-state index in [1.807, 2.05) is 0 Å². The summed E-state index contributed by atoms with van der Waals surface area (Å²) in [5, 5.41) is 15.7. The fraction of sp³-hybridized carbons (Fsp3) is 0.400. The molecule has 1 aliphatic heterocycles. The van der Waals surface area contributed by atoms with Crippen molar-refractivity contribution in [2.75, 3.05) is 25.3 Å². The van der Waals surface area contributed by atoms with Crippen molar-refractivity contribution < 1.29 is 9.47 Å². The first kappa shape index (κ1) is 15.4. The van der Waals surface area contributed by atoms with E-state index < -0.39 is 0 Å².